The predicted molar refractivity (Wildman–Crippen MR) is 99.4 cm³/mol. The summed E-state index contributed by atoms with van der Waals surface area (Å²) in [6.07, 6.45) is 3.11. The summed E-state index contributed by atoms with van der Waals surface area (Å²) in [5, 5.41) is 0. The lowest BCUT2D eigenvalue weighted by Gasteiger charge is -2.23. The fourth-order valence-electron chi connectivity index (χ4n) is 3.35. The Morgan fingerprint density at radius 1 is 1.00 bits per heavy atom. The van der Waals surface area contributed by atoms with Crippen molar-refractivity contribution in [3.8, 4) is 5.75 Å². The average Bonchev–Trinajstić information content (AvgIpc) is 3.07. The van der Waals surface area contributed by atoms with E-state index in [1.165, 1.54) is 5.56 Å². The van der Waals surface area contributed by atoms with Crippen molar-refractivity contribution >= 4 is 10.0 Å². The van der Waals surface area contributed by atoms with Gasteiger partial charge in [0.15, 0.2) is 0 Å². The Bertz CT molecular complexity index is 842. The Balaban J connectivity index is 1.87. The van der Waals surface area contributed by atoms with Crippen LogP contribution in [0.2, 0.25) is 0 Å². The Kier molecular flexibility index (Phi) is 5.16. The molecule has 2 aromatic rings. The van der Waals surface area contributed by atoms with Gasteiger partial charge in [0.25, 0.3) is 0 Å². The van der Waals surface area contributed by atoms with Crippen molar-refractivity contribution in [3.05, 3.63) is 59.2 Å². The second-order valence-electron chi connectivity index (χ2n) is 6.90. The molecule has 2 aromatic carbocycles. The number of fused-ring (bicyclic) bond motifs is 1. The van der Waals surface area contributed by atoms with Crippen molar-refractivity contribution in [2.45, 2.75) is 44.0 Å². The second-order valence-corrected chi connectivity index (χ2v) is 8.61. The maximum absolute atomic E-state index is 12.9. The number of hydrogen-bond acceptors (Lipinski definition) is 3. The number of aryl methyl sites for hydroxylation is 2. The van der Waals surface area contributed by atoms with E-state index in [2.05, 4.69) is 4.72 Å². The molecule has 0 spiro atoms. The van der Waals surface area contributed by atoms with Crippen LogP contribution in [0.15, 0.2) is 47.4 Å². The highest BCUT2D eigenvalue weighted by Gasteiger charge is 2.25. The summed E-state index contributed by atoms with van der Waals surface area (Å²) < 4.78 is 33.9. The quantitative estimate of drug-likeness (QED) is 0.852. The van der Waals surface area contributed by atoms with E-state index in [-0.39, 0.29) is 12.0 Å². The highest BCUT2D eigenvalue weighted by atomic mass is 32.2. The first-order valence-electron chi connectivity index (χ1n) is 8.69. The van der Waals surface area contributed by atoms with Crippen molar-refractivity contribution in [3.63, 3.8) is 0 Å². The van der Waals surface area contributed by atoms with E-state index in [9.17, 15) is 8.42 Å². The second kappa shape index (κ2) is 7.18. The summed E-state index contributed by atoms with van der Waals surface area (Å²) in [6.45, 7) is 4.03. The molecule has 1 atom stereocenters. The molecule has 0 saturated heterocycles. The van der Waals surface area contributed by atoms with Crippen LogP contribution in [0, 0.1) is 5.92 Å². The zero-order chi connectivity index (χ0) is 18.0. The van der Waals surface area contributed by atoms with Crippen LogP contribution in [-0.2, 0) is 22.9 Å². The molecule has 25 heavy (non-hydrogen) atoms. The van der Waals surface area contributed by atoms with E-state index < -0.39 is 10.0 Å². The van der Waals surface area contributed by atoms with Gasteiger partial charge in [0.05, 0.1) is 12.0 Å². The van der Waals surface area contributed by atoms with Crippen molar-refractivity contribution in [2.24, 2.45) is 5.92 Å². The van der Waals surface area contributed by atoms with E-state index >= 15 is 0 Å². The first kappa shape index (κ1) is 18.0. The summed E-state index contributed by atoms with van der Waals surface area (Å²) in [7, 11) is -1.95. The first-order valence-corrected chi connectivity index (χ1v) is 10.2. The molecule has 0 aliphatic heterocycles. The zero-order valence-electron chi connectivity index (χ0n) is 15.0. The van der Waals surface area contributed by atoms with Gasteiger partial charge in [0.2, 0.25) is 10.0 Å². The number of nitrogens with one attached hydrogen (secondary N) is 1. The minimum Gasteiger partial charge on any atom is -0.497 e. The lowest BCUT2D eigenvalue weighted by molar-refractivity contribution is 0.413. The maximum Gasteiger partial charge on any atom is 0.241 e. The van der Waals surface area contributed by atoms with E-state index in [1.54, 1.807) is 13.2 Å². The van der Waals surface area contributed by atoms with Gasteiger partial charge < -0.3 is 4.74 Å². The highest BCUT2D eigenvalue weighted by molar-refractivity contribution is 7.89. The molecule has 0 bridgehead atoms. The molecule has 0 heterocycles. The predicted octanol–water partition coefficient (Wildman–Crippen LogP) is 3.86. The number of rotatable bonds is 6. The lowest BCUT2D eigenvalue weighted by atomic mass is 9.97. The molecule has 134 valence electrons. The molecule has 3 rings (SSSR count). The van der Waals surface area contributed by atoms with Gasteiger partial charge in [-0.1, -0.05) is 32.0 Å². The molecule has 1 aliphatic carbocycles. The average molecular weight is 359 g/mol. The van der Waals surface area contributed by atoms with E-state index in [0.29, 0.717) is 4.90 Å². The molecule has 0 aromatic heterocycles. The largest absolute Gasteiger partial charge is 0.497 e. The molecule has 0 amide bonds. The topological polar surface area (TPSA) is 55.4 Å². The molecule has 1 unspecified atom stereocenters. The standard InChI is InChI=1S/C20H25NO3S/c1-14(2)20(16-7-10-18(24-3)11-8-16)21-25(22,23)19-12-9-15-5-4-6-17(15)13-19/h7-14,20-21H,4-6H2,1-3H3. The van der Waals surface area contributed by atoms with Crippen LogP contribution in [0.25, 0.3) is 0 Å². The summed E-state index contributed by atoms with van der Waals surface area (Å²) in [5.74, 6) is 0.880. The molecule has 1 N–H and O–H groups in total. The summed E-state index contributed by atoms with van der Waals surface area (Å²) in [6, 6.07) is 12.7. The van der Waals surface area contributed by atoms with E-state index in [0.717, 1.165) is 36.1 Å². The lowest BCUT2D eigenvalue weighted by Crippen LogP contribution is -2.31. The molecular formula is C20H25NO3S. The normalized spacial score (nSPS) is 15.2. The van der Waals surface area contributed by atoms with Crippen LogP contribution in [0.5, 0.6) is 5.75 Å². The molecule has 4 nitrogen and oxygen atoms in total. The monoisotopic (exact) mass is 359 g/mol. The summed E-state index contributed by atoms with van der Waals surface area (Å²) in [5.41, 5.74) is 3.36. The van der Waals surface area contributed by atoms with Gasteiger partial charge in [-0.2, -0.15) is 0 Å². The Morgan fingerprint density at radius 3 is 2.32 bits per heavy atom. The molecule has 0 fully saturated rings. The summed E-state index contributed by atoms with van der Waals surface area (Å²) >= 11 is 0. The number of sulfonamides is 1. The fourth-order valence-corrected chi connectivity index (χ4v) is 4.77. The third kappa shape index (κ3) is 3.88. The van der Waals surface area contributed by atoms with Crippen molar-refractivity contribution < 1.29 is 13.2 Å². The number of benzene rings is 2. The SMILES string of the molecule is COc1ccc(C(NS(=O)(=O)c2ccc3c(c2)CCC3)C(C)C)cc1. The zero-order valence-corrected chi connectivity index (χ0v) is 15.8. The minimum atomic E-state index is -3.57. The van der Waals surface area contributed by atoms with Crippen molar-refractivity contribution in [1.82, 2.24) is 4.72 Å². The third-order valence-electron chi connectivity index (χ3n) is 4.80. The van der Waals surface area contributed by atoms with Gasteiger partial charge in [0.1, 0.15) is 5.75 Å². The Hall–Kier alpha value is -1.85. The van der Waals surface area contributed by atoms with Crippen molar-refractivity contribution in [2.75, 3.05) is 7.11 Å². The Morgan fingerprint density at radius 2 is 1.68 bits per heavy atom. The third-order valence-corrected chi connectivity index (χ3v) is 6.24. The van der Waals surface area contributed by atoms with Crippen LogP contribution in [0.3, 0.4) is 0 Å². The molecule has 0 saturated carbocycles. The molecule has 1 aliphatic rings. The first-order chi connectivity index (χ1) is 11.9. The van der Waals surface area contributed by atoms with Crippen LogP contribution in [0.4, 0.5) is 0 Å². The number of hydrogen-bond donors (Lipinski definition) is 1. The van der Waals surface area contributed by atoms with Crippen LogP contribution < -0.4 is 9.46 Å². The minimum absolute atomic E-state index is 0.123. The number of ether oxygens (including phenoxy) is 1. The van der Waals surface area contributed by atoms with Crippen LogP contribution >= 0.6 is 0 Å². The van der Waals surface area contributed by atoms with Crippen LogP contribution in [-0.4, -0.2) is 15.5 Å². The molecule has 5 heteroatoms. The van der Waals surface area contributed by atoms with Gasteiger partial charge in [-0.25, -0.2) is 13.1 Å². The molecular weight excluding hydrogens is 334 g/mol. The van der Waals surface area contributed by atoms with Gasteiger partial charge in [-0.3, -0.25) is 0 Å². The fraction of sp³-hybridized carbons (Fsp3) is 0.400. The van der Waals surface area contributed by atoms with Gasteiger partial charge >= 0.3 is 0 Å². The van der Waals surface area contributed by atoms with Crippen molar-refractivity contribution in [1.29, 1.82) is 0 Å². The molecule has 0 radical (unpaired) electrons. The summed E-state index contributed by atoms with van der Waals surface area (Å²) in [4.78, 5) is 0.354. The van der Waals surface area contributed by atoms with E-state index in [4.69, 9.17) is 4.74 Å². The maximum atomic E-state index is 12.9. The highest BCUT2D eigenvalue weighted by Crippen LogP contribution is 2.28. The van der Waals surface area contributed by atoms with Gasteiger partial charge in [0, 0.05) is 6.04 Å². The Labute approximate surface area is 150 Å². The van der Waals surface area contributed by atoms with E-state index in [1.807, 2.05) is 50.2 Å². The van der Waals surface area contributed by atoms with Gasteiger partial charge in [-0.05, 0) is 66.1 Å². The number of methoxy groups -OCH3 is 1. The van der Waals surface area contributed by atoms with Crippen LogP contribution in [0.1, 0.15) is 43.0 Å². The smallest absolute Gasteiger partial charge is 0.241 e. The van der Waals surface area contributed by atoms with Gasteiger partial charge in [-0.15, -0.1) is 0 Å².